The minimum absolute atomic E-state index is 0.857. The molecular weight excluding hydrogens is 1530 g/mol. The first-order chi connectivity index (χ1) is 62.5. The number of hydrogen-bond donors (Lipinski definition) is 0. The summed E-state index contributed by atoms with van der Waals surface area (Å²) in [7, 11) is 0. The van der Waals surface area contributed by atoms with Gasteiger partial charge in [-0.2, -0.15) is 0 Å². The van der Waals surface area contributed by atoms with E-state index in [0.29, 0.717) is 0 Å². The summed E-state index contributed by atoms with van der Waals surface area (Å²) in [5.74, 6) is 0. The zero-order valence-corrected chi connectivity index (χ0v) is 67.7. The molecule has 0 fully saturated rings. The van der Waals surface area contributed by atoms with Crippen LogP contribution in [0.4, 0.5) is 0 Å². The summed E-state index contributed by atoms with van der Waals surface area (Å²) in [6.07, 6.45) is 0. The topological polar surface area (TPSA) is 43.9 Å². The minimum Gasteiger partial charge on any atom is -0.456 e. The molecule has 30 rings (SSSR count). The lowest BCUT2D eigenvalue weighted by molar-refractivity contribution is 0.669. The van der Waals surface area contributed by atoms with Gasteiger partial charge in [-0.05, 0) is 216 Å². The van der Waals surface area contributed by atoms with E-state index in [-0.39, 0.29) is 0 Å². The highest BCUT2D eigenvalue weighted by Gasteiger charge is 2.30. The first kappa shape index (κ1) is 66.9. The molecular formula is C120H66N4O2. The predicted octanol–water partition coefficient (Wildman–Crippen LogP) is 33.1. The van der Waals surface area contributed by atoms with Crippen LogP contribution in [0.3, 0.4) is 0 Å². The number of nitrogens with zero attached hydrogens (tertiary/aromatic N) is 4. The largest absolute Gasteiger partial charge is 0.456 e. The van der Waals surface area contributed by atoms with Gasteiger partial charge in [0.2, 0.25) is 0 Å². The molecule has 0 spiro atoms. The molecule has 0 saturated carbocycles. The third kappa shape index (κ3) is 8.92. The normalized spacial score (nSPS) is 12.6. The Hall–Kier alpha value is -16.8. The fourth-order valence-corrected chi connectivity index (χ4v) is 23.1. The monoisotopic (exact) mass is 1590 g/mol. The highest BCUT2D eigenvalue weighted by Crippen LogP contribution is 2.54. The molecule has 0 N–H and O–H groups in total. The zero-order chi connectivity index (χ0) is 81.6. The Morgan fingerprint density at radius 1 is 0.135 bits per heavy atom. The van der Waals surface area contributed by atoms with Crippen molar-refractivity contribution in [2.45, 2.75) is 0 Å². The summed E-state index contributed by atoms with van der Waals surface area (Å²) in [4.78, 5) is 0. The maximum Gasteiger partial charge on any atom is 0.143 e. The van der Waals surface area contributed by atoms with Crippen LogP contribution in [0, 0.1) is 0 Å². The van der Waals surface area contributed by atoms with E-state index in [4.69, 9.17) is 8.83 Å². The molecule has 10 aromatic heterocycles. The van der Waals surface area contributed by atoms with Crippen LogP contribution >= 0.6 is 0 Å². The number of rotatable bonds is 9. The second-order valence-corrected chi connectivity index (χ2v) is 34.8. The second-order valence-electron chi connectivity index (χ2n) is 34.8. The summed E-state index contributed by atoms with van der Waals surface area (Å²) in [6, 6.07) is 150. The van der Waals surface area contributed by atoms with Gasteiger partial charge < -0.3 is 26.4 Å². The van der Waals surface area contributed by atoms with Crippen molar-refractivity contribution >= 4 is 196 Å². The smallest absolute Gasteiger partial charge is 0.143 e. The lowest BCUT2D eigenvalue weighted by Crippen LogP contribution is -1.88. The van der Waals surface area contributed by atoms with Gasteiger partial charge in [0.05, 0.1) is 66.2 Å². The Labute approximate surface area is 718 Å². The molecule has 30 aromatic rings. The molecule has 126 heavy (non-hydrogen) atoms. The molecule has 0 aliphatic heterocycles. The highest BCUT2D eigenvalue weighted by molar-refractivity contribution is 6.35. The lowest BCUT2D eigenvalue weighted by atomic mass is 9.90. The van der Waals surface area contributed by atoms with Crippen molar-refractivity contribution in [3.05, 3.63) is 400 Å². The average molecular weight is 1600 g/mol. The SMILES string of the molecule is c1ccc(-c2cc(-c3ccccc3)cc(-c3ccc4c5cc6c(cc5n5c7ccccc7c3c45)c3ccc(-c4cc(-c5ccccc5)cc(-c5cccc(-c7cccc8c7oc7ccc(-c9ccc%10c%11cc%12c(cc%11n%11c%13ccccc%13c9c%10%11)c9ccc(-c%10ccc%11oc%13ccccc%13c%11c%10)c%10c%11ccccc%11n%12c9%10)cc78)c5)c4)c4c5ccccc5n6c34)c2)cc1. The van der Waals surface area contributed by atoms with Crippen LogP contribution in [-0.2, 0) is 0 Å². The van der Waals surface area contributed by atoms with E-state index < -0.39 is 0 Å². The van der Waals surface area contributed by atoms with Gasteiger partial charge in [0.15, 0.2) is 0 Å². The van der Waals surface area contributed by atoms with Crippen molar-refractivity contribution in [1.82, 2.24) is 17.6 Å². The van der Waals surface area contributed by atoms with Gasteiger partial charge in [-0.15, -0.1) is 0 Å². The van der Waals surface area contributed by atoms with E-state index >= 15 is 0 Å². The van der Waals surface area contributed by atoms with E-state index in [1.165, 1.54) is 208 Å². The molecule has 0 saturated heterocycles. The first-order valence-corrected chi connectivity index (χ1v) is 43.6. The lowest BCUT2D eigenvalue weighted by Gasteiger charge is -2.14. The molecule has 0 aliphatic rings. The fourth-order valence-electron chi connectivity index (χ4n) is 23.1. The Morgan fingerprint density at radius 2 is 0.429 bits per heavy atom. The van der Waals surface area contributed by atoms with Crippen molar-refractivity contribution in [3.63, 3.8) is 0 Å². The van der Waals surface area contributed by atoms with Crippen molar-refractivity contribution in [2.75, 3.05) is 0 Å². The van der Waals surface area contributed by atoms with E-state index in [2.05, 4.69) is 412 Å². The van der Waals surface area contributed by atoms with E-state index in [1.807, 2.05) is 6.07 Å². The second kappa shape index (κ2) is 24.5. The number of hydrogen-bond acceptors (Lipinski definition) is 2. The summed E-state index contributed by atoms with van der Waals surface area (Å²) in [5.41, 5.74) is 39.2. The summed E-state index contributed by atoms with van der Waals surface area (Å²) in [6.45, 7) is 0. The van der Waals surface area contributed by atoms with Gasteiger partial charge in [-0.25, -0.2) is 0 Å². The number of benzene rings is 20. The van der Waals surface area contributed by atoms with Crippen LogP contribution in [0.25, 0.3) is 296 Å². The molecule has 20 aromatic carbocycles. The standard InChI is InChI=1S/C120H66N4O2/c1-4-22-67(23-5-1)74-55-75(68-24-6-2-7-25-68)58-78(57-74)82-46-50-88-97-65-108-98(66-107(97)123-103-39-17-12-33-93(103)114(82)118(88)123)89-51-47-83(115-94-34-13-18-40-104(94)124(108)119(89)115)79-59-76(69-26-8-3-9-27-69)56-77(60-79)70-28-20-29-71(54-70)84-35-21-36-90-100-62-73(43-53-111(100)126-120(84)90)81-45-49-87-96-64-105-95(63-106(96)122-102-38-16-11-32-92(102)113(81)117(87)122)86-48-44-80(112-91-31-10-15-37-101(91)121(105)116(86)112)72-42-52-110-99(61-72)85-30-14-19-41-109(85)125-110/h1-66H. The first-order valence-electron chi connectivity index (χ1n) is 43.6. The molecule has 0 bridgehead atoms. The van der Waals surface area contributed by atoms with Crippen molar-refractivity contribution in [2.24, 2.45) is 0 Å². The quantitative estimate of drug-likeness (QED) is 0.145. The maximum absolute atomic E-state index is 7.14. The zero-order valence-electron chi connectivity index (χ0n) is 67.7. The molecule has 10 heterocycles. The fraction of sp³-hybridized carbons (Fsp3) is 0. The average Bonchev–Trinajstić information content (AvgIpc) is 1.53. The van der Waals surface area contributed by atoms with E-state index in [0.717, 1.165) is 88.4 Å². The van der Waals surface area contributed by atoms with Crippen molar-refractivity contribution < 1.29 is 8.83 Å². The van der Waals surface area contributed by atoms with Crippen LogP contribution in [0.2, 0.25) is 0 Å². The predicted molar refractivity (Wildman–Crippen MR) is 529 cm³/mol. The van der Waals surface area contributed by atoms with Crippen LogP contribution < -0.4 is 0 Å². The third-order valence-electron chi connectivity index (χ3n) is 28.4. The molecule has 0 unspecified atom stereocenters. The third-order valence-corrected chi connectivity index (χ3v) is 28.4. The number of furan rings is 2. The van der Waals surface area contributed by atoms with Gasteiger partial charge in [0, 0.05) is 113 Å². The van der Waals surface area contributed by atoms with Gasteiger partial charge >= 0.3 is 0 Å². The van der Waals surface area contributed by atoms with Gasteiger partial charge in [0.1, 0.15) is 22.3 Å². The molecule has 0 radical (unpaired) electrons. The molecule has 0 atom stereocenters. The number of aromatic nitrogens is 4. The number of fused-ring (bicyclic) bond motifs is 30. The molecule has 0 amide bonds. The Balaban J connectivity index is 0.538. The minimum atomic E-state index is 0.857. The Bertz CT molecular complexity index is 9930. The van der Waals surface area contributed by atoms with Crippen LogP contribution in [-0.4, -0.2) is 17.6 Å². The summed E-state index contributed by atoms with van der Waals surface area (Å²) in [5, 5.41) is 24.4. The Kier molecular flexibility index (Phi) is 13.0. The Morgan fingerprint density at radius 3 is 0.849 bits per heavy atom. The van der Waals surface area contributed by atoms with Crippen molar-refractivity contribution in [3.8, 4) is 100 Å². The molecule has 6 heteroatoms. The summed E-state index contributed by atoms with van der Waals surface area (Å²) < 4.78 is 23.7. The van der Waals surface area contributed by atoms with Gasteiger partial charge in [-0.1, -0.05) is 279 Å². The molecule has 6 nitrogen and oxygen atoms in total. The van der Waals surface area contributed by atoms with E-state index in [1.54, 1.807) is 0 Å². The maximum atomic E-state index is 7.14. The van der Waals surface area contributed by atoms with Crippen LogP contribution in [0.1, 0.15) is 0 Å². The number of para-hydroxylation sites is 6. The van der Waals surface area contributed by atoms with Gasteiger partial charge in [0.25, 0.3) is 0 Å². The summed E-state index contributed by atoms with van der Waals surface area (Å²) >= 11 is 0. The molecule has 578 valence electrons. The van der Waals surface area contributed by atoms with Gasteiger partial charge in [-0.3, -0.25) is 0 Å². The van der Waals surface area contributed by atoms with Crippen LogP contribution in [0.15, 0.2) is 409 Å². The van der Waals surface area contributed by atoms with E-state index in [9.17, 15) is 0 Å². The highest BCUT2D eigenvalue weighted by atomic mass is 16.3. The van der Waals surface area contributed by atoms with Crippen LogP contribution in [0.5, 0.6) is 0 Å². The molecule has 0 aliphatic carbocycles. The van der Waals surface area contributed by atoms with Crippen molar-refractivity contribution in [1.29, 1.82) is 0 Å².